The van der Waals surface area contributed by atoms with Crippen molar-refractivity contribution in [2.24, 2.45) is 17.8 Å². The van der Waals surface area contributed by atoms with E-state index >= 15 is 0 Å². The lowest BCUT2D eigenvalue weighted by atomic mass is 9.77. The number of halogens is 2. The molecule has 0 bridgehead atoms. The van der Waals surface area contributed by atoms with Crippen molar-refractivity contribution in [2.45, 2.75) is 78.2 Å². The van der Waals surface area contributed by atoms with Crippen molar-refractivity contribution in [2.75, 3.05) is 20.3 Å². The van der Waals surface area contributed by atoms with Crippen LogP contribution in [0.3, 0.4) is 0 Å². The van der Waals surface area contributed by atoms with Gasteiger partial charge in [0, 0.05) is 18.8 Å². The molecular formula is C24H38F2O3. The molecule has 3 nitrogen and oxygen atoms in total. The zero-order valence-electron chi connectivity index (χ0n) is 18.5. The Morgan fingerprint density at radius 3 is 2.21 bits per heavy atom. The third-order valence-electron chi connectivity index (χ3n) is 6.23. The molecule has 5 heteroatoms. The molecule has 3 aliphatic rings. The van der Waals surface area contributed by atoms with Gasteiger partial charge in [0.25, 0.3) is 0 Å². The van der Waals surface area contributed by atoms with E-state index in [2.05, 4.69) is 19.1 Å². The average molecular weight is 413 g/mol. The van der Waals surface area contributed by atoms with Crippen LogP contribution in [0.25, 0.3) is 0 Å². The molecule has 2 aliphatic carbocycles. The van der Waals surface area contributed by atoms with Gasteiger partial charge in [0.2, 0.25) is 0 Å². The highest BCUT2D eigenvalue weighted by molar-refractivity contribution is 5.29. The van der Waals surface area contributed by atoms with Crippen molar-refractivity contribution in [1.29, 1.82) is 0 Å². The molecule has 2 fully saturated rings. The summed E-state index contributed by atoms with van der Waals surface area (Å²) in [5.74, 6) is 0.0272. The molecule has 166 valence electrons. The van der Waals surface area contributed by atoms with Crippen LogP contribution >= 0.6 is 0 Å². The summed E-state index contributed by atoms with van der Waals surface area (Å²) in [7, 11) is 1.36. The van der Waals surface area contributed by atoms with Gasteiger partial charge in [0.05, 0.1) is 26.4 Å². The second-order valence-electron chi connectivity index (χ2n) is 8.01. The highest BCUT2D eigenvalue weighted by Gasteiger charge is 2.32. The minimum atomic E-state index is -0.909. The summed E-state index contributed by atoms with van der Waals surface area (Å²) in [4.78, 5) is 0. The third kappa shape index (κ3) is 6.56. The Morgan fingerprint density at radius 2 is 1.62 bits per heavy atom. The van der Waals surface area contributed by atoms with E-state index < -0.39 is 11.7 Å². The molecule has 0 amide bonds. The number of hydrogen-bond donors (Lipinski definition) is 0. The number of ether oxygens (including phenoxy) is 3. The molecule has 1 heterocycles. The molecule has 1 saturated heterocycles. The summed E-state index contributed by atoms with van der Waals surface area (Å²) in [6.45, 7) is 7.37. The molecule has 0 aromatic heterocycles. The van der Waals surface area contributed by atoms with Gasteiger partial charge >= 0.3 is 0 Å². The lowest BCUT2D eigenvalue weighted by molar-refractivity contribution is -0.0514. The largest absolute Gasteiger partial charge is 0.498 e. The Balaban J connectivity index is 0.00000145. The number of rotatable bonds is 6. The predicted molar refractivity (Wildman–Crippen MR) is 113 cm³/mol. The normalized spacial score (nSPS) is 30.8. The van der Waals surface area contributed by atoms with Crippen LogP contribution in [0.4, 0.5) is 8.78 Å². The highest BCUT2D eigenvalue weighted by atomic mass is 19.2. The Bertz CT molecular complexity index is 581. The van der Waals surface area contributed by atoms with Crippen LogP contribution in [-0.4, -0.2) is 26.4 Å². The fourth-order valence-electron chi connectivity index (χ4n) is 4.55. The maximum absolute atomic E-state index is 14.0. The zero-order chi connectivity index (χ0) is 21.2. The van der Waals surface area contributed by atoms with Gasteiger partial charge < -0.3 is 14.2 Å². The van der Waals surface area contributed by atoms with Gasteiger partial charge in [0.15, 0.2) is 11.7 Å². The quantitative estimate of drug-likeness (QED) is 0.439. The van der Waals surface area contributed by atoms with E-state index in [1.807, 2.05) is 13.8 Å². The molecule has 1 aliphatic heterocycles. The fourth-order valence-corrected chi connectivity index (χ4v) is 4.55. The maximum Gasteiger partial charge on any atom is 0.199 e. The van der Waals surface area contributed by atoms with Gasteiger partial charge in [-0.15, -0.1) is 0 Å². The molecule has 0 spiro atoms. The molecule has 0 radical (unpaired) electrons. The lowest BCUT2D eigenvalue weighted by Crippen LogP contribution is -2.34. The smallest absolute Gasteiger partial charge is 0.199 e. The van der Waals surface area contributed by atoms with E-state index in [4.69, 9.17) is 14.2 Å². The Labute approximate surface area is 175 Å². The van der Waals surface area contributed by atoms with E-state index in [0.29, 0.717) is 43.3 Å². The van der Waals surface area contributed by atoms with Gasteiger partial charge in [-0.25, -0.2) is 0 Å². The van der Waals surface area contributed by atoms with E-state index in [1.165, 1.54) is 13.5 Å². The van der Waals surface area contributed by atoms with E-state index in [1.54, 1.807) is 0 Å². The van der Waals surface area contributed by atoms with Crippen molar-refractivity contribution in [3.8, 4) is 0 Å². The van der Waals surface area contributed by atoms with Crippen LogP contribution < -0.4 is 0 Å². The third-order valence-corrected chi connectivity index (χ3v) is 6.23. The molecule has 29 heavy (non-hydrogen) atoms. The summed E-state index contributed by atoms with van der Waals surface area (Å²) in [5, 5.41) is 0. The Kier molecular flexibility index (Phi) is 10.2. The van der Waals surface area contributed by atoms with Crippen molar-refractivity contribution < 1.29 is 23.0 Å². The van der Waals surface area contributed by atoms with Crippen molar-refractivity contribution in [3.63, 3.8) is 0 Å². The standard InChI is InChI=1S/C22H32F2O3.C2H6/c1-3-4-15-7-10-18(26-13-15)17-8-5-16(6-9-17)14-27-20-12-11-19(25-2)21(23)22(20)24;1-2/h3-4,15-18H,5-14H2,1-2H3;1-2H3/b4-3+;. The molecule has 2 unspecified atom stereocenters. The number of allylic oxidation sites excluding steroid dienone is 5. The van der Waals surface area contributed by atoms with Crippen molar-refractivity contribution in [3.05, 3.63) is 35.3 Å². The van der Waals surface area contributed by atoms with E-state index in [-0.39, 0.29) is 11.5 Å². The molecule has 0 aromatic rings. The summed E-state index contributed by atoms with van der Waals surface area (Å²) < 4.78 is 44.5. The van der Waals surface area contributed by atoms with E-state index in [9.17, 15) is 8.78 Å². The predicted octanol–water partition coefficient (Wildman–Crippen LogP) is 7.01. The SMILES string of the molecule is C/C=C/C1CCC(C2CCC(COC3=C(F)C(F)=C(OC)CC3)CC2)OC1.CC. The summed E-state index contributed by atoms with van der Waals surface area (Å²) in [5.41, 5.74) is 0. The molecule has 0 aromatic carbocycles. The maximum atomic E-state index is 14.0. The fraction of sp³-hybridized carbons (Fsp3) is 0.750. The molecule has 3 rings (SSSR count). The number of hydrogen-bond acceptors (Lipinski definition) is 3. The van der Waals surface area contributed by atoms with Crippen molar-refractivity contribution >= 4 is 0 Å². The van der Waals surface area contributed by atoms with Crippen LogP contribution in [0.2, 0.25) is 0 Å². The van der Waals surface area contributed by atoms with Gasteiger partial charge in [0.1, 0.15) is 11.5 Å². The number of methoxy groups -OCH3 is 1. The van der Waals surface area contributed by atoms with Gasteiger partial charge in [-0.05, 0) is 57.3 Å². The first-order valence-corrected chi connectivity index (χ1v) is 11.3. The molecule has 0 N–H and O–H groups in total. The lowest BCUT2D eigenvalue weighted by Gasteiger charge is -2.37. The van der Waals surface area contributed by atoms with Gasteiger partial charge in [-0.3, -0.25) is 0 Å². The molecule has 1 saturated carbocycles. The first-order chi connectivity index (χ1) is 14.1. The second-order valence-corrected chi connectivity index (χ2v) is 8.01. The average Bonchev–Trinajstić information content (AvgIpc) is 2.77. The van der Waals surface area contributed by atoms with Crippen LogP contribution in [0, 0.1) is 17.8 Å². The summed E-state index contributed by atoms with van der Waals surface area (Å²) in [6.07, 6.45) is 12.2. The Hall–Kier alpha value is -1.36. The summed E-state index contributed by atoms with van der Waals surface area (Å²) in [6, 6.07) is 0. The van der Waals surface area contributed by atoms with Crippen LogP contribution in [0.5, 0.6) is 0 Å². The van der Waals surface area contributed by atoms with Crippen LogP contribution in [-0.2, 0) is 14.2 Å². The molecular weight excluding hydrogens is 374 g/mol. The first-order valence-electron chi connectivity index (χ1n) is 11.3. The summed E-state index contributed by atoms with van der Waals surface area (Å²) >= 11 is 0. The van der Waals surface area contributed by atoms with E-state index in [0.717, 1.165) is 38.7 Å². The van der Waals surface area contributed by atoms with Crippen molar-refractivity contribution in [1.82, 2.24) is 0 Å². The second kappa shape index (κ2) is 12.4. The van der Waals surface area contributed by atoms with Crippen LogP contribution in [0.15, 0.2) is 35.3 Å². The molecule has 2 atom stereocenters. The minimum Gasteiger partial charge on any atom is -0.498 e. The monoisotopic (exact) mass is 412 g/mol. The first kappa shape index (κ1) is 23.9. The zero-order valence-corrected chi connectivity index (χ0v) is 18.5. The Morgan fingerprint density at radius 1 is 0.966 bits per heavy atom. The van der Waals surface area contributed by atoms with Gasteiger partial charge in [-0.1, -0.05) is 26.0 Å². The topological polar surface area (TPSA) is 27.7 Å². The minimum absolute atomic E-state index is 0.0736. The van der Waals surface area contributed by atoms with Gasteiger partial charge in [-0.2, -0.15) is 8.78 Å². The highest BCUT2D eigenvalue weighted by Crippen LogP contribution is 2.38. The van der Waals surface area contributed by atoms with Crippen LogP contribution in [0.1, 0.15) is 72.1 Å².